The lowest BCUT2D eigenvalue weighted by molar-refractivity contribution is -0.124. The van der Waals surface area contributed by atoms with E-state index in [0.717, 1.165) is 11.1 Å². The van der Waals surface area contributed by atoms with E-state index in [9.17, 15) is 4.79 Å². The molecule has 0 unspecified atom stereocenters. The molecule has 0 fully saturated rings. The first-order valence-electron chi connectivity index (χ1n) is 7.17. The molecule has 2 aromatic rings. The van der Waals surface area contributed by atoms with Gasteiger partial charge in [-0.2, -0.15) is 0 Å². The maximum absolute atomic E-state index is 11.4. The van der Waals surface area contributed by atoms with Gasteiger partial charge in [0.1, 0.15) is 13.2 Å². The molecule has 2 rings (SSSR count). The molecule has 0 aliphatic carbocycles. The second-order valence-corrected chi connectivity index (χ2v) is 4.84. The molecule has 0 spiro atoms. The molecule has 0 saturated heterocycles. The van der Waals surface area contributed by atoms with Crippen molar-refractivity contribution in [2.75, 3.05) is 20.8 Å². The van der Waals surface area contributed by atoms with Crippen molar-refractivity contribution >= 4 is 5.91 Å². The van der Waals surface area contributed by atoms with Gasteiger partial charge < -0.3 is 19.5 Å². The van der Waals surface area contributed by atoms with Crippen LogP contribution in [0.3, 0.4) is 0 Å². The first-order chi connectivity index (χ1) is 11.2. The number of ether oxygens (including phenoxy) is 3. The number of rotatable bonds is 8. The van der Waals surface area contributed by atoms with Crippen LogP contribution in [0.5, 0.6) is 11.5 Å². The highest BCUT2D eigenvalue weighted by molar-refractivity contribution is 5.77. The van der Waals surface area contributed by atoms with Gasteiger partial charge in [0.05, 0.1) is 7.11 Å². The predicted molar refractivity (Wildman–Crippen MR) is 85.3 cm³/mol. The molecule has 6 nitrogen and oxygen atoms in total. The molecule has 1 aromatic heterocycles. The van der Waals surface area contributed by atoms with Crippen LogP contribution in [0.15, 0.2) is 42.7 Å². The van der Waals surface area contributed by atoms with Crippen molar-refractivity contribution < 1.29 is 19.0 Å². The number of benzene rings is 1. The normalized spacial score (nSPS) is 10.2. The van der Waals surface area contributed by atoms with Crippen LogP contribution >= 0.6 is 0 Å². The van der Waals surface area contributed by atoms with Gasteiger partial charge >= 0.3 is 0 Å². The quantitative estimate of drug-likeness (QED) is 0.806. The highest BCUT2D eigenvalue weighted by atomic mass is 16.5. The first kappa shape index (κ1) is 16.8. The fourth-order valence-electron chi connectivity index (χ4n) is 1.96. The van der Waals surface area contributed by atoms with Gasteiger partial charge in [0.15, 0.2) is 11.5 Å². The summed E-state index contributed by atoms with van der Waals surface area (Å²) in [5, 5.41) is 2.76. The average Bonchev–Trinajstić information content (AvgIpc) is 2.59. The molecule has 0 bridgehead atoms. The van der Waals surface area contributed by atoms with Crippen molar-refractivity contribution in [3.05, 3.63) is 53.9 Å². The molecule has 1 amide bonds. The Labute approximate surface area is 135 Å². The fourth-order valence-corrected chi connectivity index (χ4v) is 1.96. The number of nitrogens with zero attached hydrogens (tertiary/aromatic N) is 1. The third-order valence-electron chi connectivity index (χ3n) is 3.14. The molecule has 6 heteroatoms. The SMILES string of the molecule is COCC(=O)NCc1ccc(OCc2ccncc2)c(OC)c1. The van der Waals surface area contributed by atoms with Crippen molar-refractivity contribution in [2.24, 2.45) is 0 Å². The van der Waals surface area contributed by atoms with Crippen molar-refractivity contribution in [1.29, 1.82) is 0 Å². The van der Waals surface area contributed by atoms with Crippen LogP contribution in [0.25, 0.3) is 0 Å². The van der Waals surface area contributed by atoms with E-state index in [1.165, 1.54) is 7.11 Å². The maximum atomic E-state index is 11.4. The molecule has 122 valence electrons. The summed E-state index contributed by atoms with van der Waals surface area (Å²) in [5.74, 6) is 1.11. The topological polar surface area (TPSA) is 69.7 Å². The Morgan fingerprint density at radius 3 is 2.57 bits per heavy atom. The Morgan fingerprint density at radius 1 is 1.09 bits per heavy atom. The number of nitrogens with one attached hydrogen (secondary N) is 1. The Balaban J connectivity index is 1.97. The Hall–Kier alpha value is -2.60. The fraction of sp³-hybridized carbons (Fsp3) is 0.294. The number of pyridine rings is 1. The lowest BCUT2D eigenvalue weighted by Gasteiger charge is -2.12. The molecule has 1 aromatic carbocycles. The van der Waals surface area contributed by atoms with E-state index in [1.807, 2.05) is 30.3 Å². The van der Waals surface area contributed by atoms with Gasteiger partial charge in [0.2, 0.25) is 5.91 Å². The molecular weight excluding hydrogens is 296 g/mol. The smallest absolute Gasteiger partial charge is 0.246 e. The second-order valence-electron chi connectivity index (χ2n) is 4.84. The lowest BCUT2D eigenvalue weighted by atomic mass is 10.2. The van der Waals surface area contributed by atoms with E-state index in [2.05, 4.69) is 10.3 Å². The molecule has 1 N–H and O–H groups in total. The number of carbonyl (C=O) groups is 1. The van der Waals surface area contributed by atoms with Crippen LogP contribution in [0, 0.1) is 0 Å². The van der Waals surface area contributed by atoms with E-state index < -0.39 is 0 Å². The van der Waals surface area contributed by atoms with E-state index in [1.54, 1.807) is 19.5 Å². The van der Waals surface area contributed by atoms with Crippen molar-refractivity contribution in [3.8, 4) is 11.5 Å². The summed E-state index contributed by atoms with van der Waals surface area (Å²) in [4.78, 5) is 15.4. The largest absolute Gasteiger partial charge is 0.493 e. The van der Waals surface area contributed by atoms with E-state index in [4.69, 9.17) is 14.2 Å². The Morgan fingerprint density at radius 2 is 1.87 bits per heavy atom. The summed E-state index contributed by atoms with van der Waals surface area (Å²) in [7, 11) is 3.07. The van der Waals surface area contributed by atoms with Gasteiger partial charge in [0.25, 0.3) is 0 Å². The van der Waals surface area contributed by atoms with Crippen LogP contribution in [0.2, 0.25) is 0 Å². The molecule has 0 aliphatic heterocycles. The molecule has 0 saturated carbocycles. The van der Waals surface area contributed by atoms with Crippen LogP contribution in [0.1, 0.15) is 11.1 Å². The van der Waals surface area contributed by atoms with Crippen LogP contribution in [-0.4, -0.2) is 31.7 Å². The lowest BCUT2D eigenvalue weighted by Crippen LogP contribution is -2.26. The van der Waals surface area contributed by atoms with Crippen molar-refractivity contribution in [3.63, 3.8) is 0 Å². The third-order valence-corrected chi connectivity index (χ3v) is 3.14. The number of amides is 1. The number of carbonyl (C=O) groups excluding carboxylic acids is 1. The predicted octanol–water partition coefficient (Wildman–Crippen LogP) is 1.93. The van der Waals surface area contributed by atoms with Gasteiger partial charge in [-0.05, 0) is 35.4 Å². The summed E-state index contributed by atoms with van der Waals surface area (Å²) in [6.07, 6.45) is 3.45. The zero-order chi connectivity index (χ0) is 16.5. The van der Waals surface area contributed by atoms with Gasteiger partial charge in [-0.1, -0.05) is 6.07 Å². The second kappa shape index (κ2) is 8.75. The van der Waals surface area contributed by atoms with E-state index in [0.29, 0.717) is 24.7 Å². The Kier molecular flexibility index (Phi) is 6.38. The van der Waals surface area contributed by atoms with Crippen LogP contribution in [0.4, 0.5) is 0 Å². The first-order valence-corrected chi connectivity index (χ1v) is 7.17. The monoisotopic (exact) mass is 316 g/mol. The molecule has 23 heavy (non-hydrogen) atoms. The number of aromatic nitrogens is 1. The standard InChI is InChI=1S/C17H20N2O4/c1-21-12-17(20)19-10-14-3-4-15(16(9-14)22-2)23-11-13-5-7-18-8-6-13/h3-9H,10-12H2,1-2H3,(H,19,20). The summed E-state index contributed by atoms with van der Waals surface area (Å²) < 4.78 is 15.9. The molecule has 0 radical (unpaired) electrons. The van der Waals surface area contributed by atoms with E-state index in [-0.39, 0.29) is 12.5 Å². The number of methoxy groups -OCH3 is 2. The highest BCUT2D eigenvalue weighted by Crippen LogP contribution is 2.28. The van der Waals surface area contributed by atoms with Gasteiger partial charge in [-0.3, -0.25) is 9.78 Å². The summed E-state index contributed by atoms with van der Waals surface area (Å²) in [5.41, 5.74) is 1.94. The van der Waals surface area contributed by atoms with Crippen LogP contribution < -0.4 is 14.8 Å². The highest BCUT2D eigenvalue weighted by Gasteiger charge is 2.07. The summed E-state index contributed by atoms with van der Waals surface area (Å²) >= 11 is 0. The zero-order valence-corrected chi connectivity index (χ0v) is 13.2. The third kappa shape index (κ3) is 5.27. The molecular formula is C17H20N2O4. The maximum Gasteiger partial charge on any atom is 0.246 e. The molecule has 0 atom stereocenters. The average molecular weight is 316 g/mol. The summed E-state index contributed by atoms with van der Waals surface area (Å²) in [6.45, 7) is 0.885. The van der Waals surface area contributed by atoms with Crippen molar-refractivity contribution in [2.45, 2.75) is 13.2 Å². The Bertz CT molecular complexity index is 632. The minimum absolute atomic E-state index is 0.0459. The van der Waals surface area contributed by atoms with Gasteiger partial charge in [-0.25, -0.2) is 0 Å². The van der Waals surface area contributed by atoms with Gasteiger partial charge in [-0.15, -0.1) is 0 Å². The minimum atomic E-state index is -0.163. The van der Waals surface area contributed by atoms with Gasteiger partial charge in [0, 0.05) is 26.0 Å². The number of hydrogen-bond donors (Lipinski definition) is 1. The molecule has 0 aliphatic rings. The number of hydrogen-bond acceptors (Lipinski definition) is 5. The zero-order valence-electron chi connectivity index (χ0n) is 13.2. The minimum Gasteiger partial charge on any atom is -0.493 e. The van der Waals surface area contributed by atoms with Crippen LogP contribution in [-0.2, 0) is 22.7 Å². The summed E-state index contributed by atoms with van der Waals surface area (Å²) in [6, 6.07) is 9.35. The van der Waals surface area contributed by atoms with E-state index >= 15 is 0 Å². The van der Waals surface area contributed by atoms with Crippen molar-refractivity contribution in [1.82, 2.24) is 10.3 Å². The molecule has 1 heterocycles.